The molecule has 0 radical (unpaired) electrons. The van der Waals surface area contributed by atoms with Gasteiger partial charge in [0, 0.05) is 0 Å². The summed E-state index contributed by atoms with van der Waals surface area (Å²) in [6, 6.07) is 2.08. The molecule has 0 unspecified atom stereocenters. The van der Waals surface area contributed by atoms with Crippen molar-refractivity contribution in [1.82, 2.24) is 20.2 Å². The fourth-order valence-electron chi connectivity index (χ4n) is 0.997. The van der Waals surface area contributed by atoms with Crippen LogP contribution in [-0.2, 0) is 6.54 Å². The first-order chi connectivity index (χ1) is 6.25. The lowest BCUT2D eigenvalue weighted by molar-refractivity contribution is 0.634. The van der Waals surface area contributed by atoms with Gasteiger partial charge in [-0.25, -0.2) is 4.68 Å². The van der Waals surface area contributed by atoms with Gasteiger partial charge >= 0.3 is 0 Å². The topological polar surface area (TPSA) is 43.6 Å². The first-order valence-electron chi connectivity index (χ1n) is 3.71. The monoisotopic (exact) mass is 258 g/mol. The Kier molecular flexibility index (Phi) is 2.41. The fraction of sp³-hybridized carbons (Fsp3) is 0.286. The third-order valence-electron chi connectivity index (χ3n) is 1.67. The predicted octanol–water partition coefficient (Wildman–Crippen LogP) is 1.85. The Balaban J connectivity index is 2.19. The molecular weight excluding hydrogens is 252 g/mol. The van der Waals surface area contributed by atoms with Gasteiger partial charge in [-0.15, -0.1) is 16.4 Å². The first kappa shape index (κ1) is 8.83. The van der Waals surface area contributed by atoms with Crippen LogP contribution < -0.4 is 0 Å². The van der Waals surface area contributed by atoms with Gasteiger partial charge in [-0.1, -0.05) is 0 Å². The Bertz CT molecular complexity index is 408. The number of halogens is 1. The summed E-state index contributed by atoms with van der Waals surface area (Å²) in [5.41, 5.74) is 1.22. The molecule has 0 saturated carbocycles. The van der Waals surface area contributed by atoms with E-state index in [-0.39, 0.29) is 0 Å². The van der Waals surface area contributed by atoms with Crippen molar-refractivity contribution in [2.75, 3.05) is 0 Å². The van der Waals surface area contributed by atoms with E-state index in [1.54, 1.807) is 16.0 Å². The molecule has 0 atom stereocenters. The molecule has 0 amide bonds. The van der Waals surface area contributed by atoms with Crippen LogP contribution >= 0.6 is 27.3 Å². The summed E-state index contributed by atoms with van der Waals surface area (Å²) < 4.78 is 2.90. The summed E-state index contributed by atoms with van der Waals surface area (Å²) in [6.07, 6.45) is 0. The van der Waals surface area contributed by atoms with E-state index >= 15 is 0 Å². The molecule has 0 saturated heterocycles. The van der Waals surface area contributed by atoms with E-state index in [4.69, 9.17) is 0 Å². The van der Waals surface area contributed by atoms with Crippen molar-refractivity contribution in [2.45, 2.75) is 13.5 Å². The number of thiophene rings is 1. The SMILES string of the molecule is Cc1nnnn1Cc1csc(Br)c1. The van der Waals surface area contributed by atoms with Gasteiger partial charge in [-0.3, -0.25) is 0 Å². The average molecular weight is 259 g/mol. The van der Waals surface area contributed by atoms with Crippen molar-refractivity contribution < 1.29 is 0 Å². The lowest BCUT2D eigenvalue weighted by atomic mass is 10.3. The molecule has 0 N–H and O–H groups in total. The largest absolute Gasteiger partial charge is 0.225 e. The van der Waals surface area contributed by atoms with Crippen molar-refractivity contribution in [3.05, 3.63) is 26.6 Å². The maximum atomic E-state index is 3.87. The highest BCUT2D eigenvalue weighted by molar-refractivity contribution is 9.11. The molecule has 0 aliphatic rings. The highest BCUT2D eigenvalue weighted by atomic mass is 79.9. The maximum Gasteiger partial charge on any atom is 0.148 e. The molecule has 0 fully saturated rings. The molecule has 0 aliphatic carbocycles. The molecule has 13 heavy (non-hydrogen) atoms. The molecule has 6 heteroatoms. The van der Waals surface area contributed by atoms with E-state index in [0.29, 0.717) is 0 Å². The number of tetrazole rings is 1. The second-order valence-corrected chi connectivity index (χ2v) is 4.93. The van der Waals surface area contributed by atoms with Gasteiger partial charge in [-0.05, 0) is 50.3 Å². The summed E-state index contributed by atoms with van der Waals surface area (Å²) in [7, 11) is 0. The molecule has 2 heterocycles. The van der Waals surface area contributed by atoms with Crippen LogP contribution in [0.5, 0.6) is 0 Å². The second kappa shape index (κ2) is 3.55. The third-order valence-corrected chi connectivity index (χ3v) is 3.22. The van der Waals surface area contributed by atoms with Gasteiger partial charge in [-0.2, -0.15) is 0 Å². The standard InChI is InChI=1S/C7H7BrN4S/c1-5-9-10-11-12(5)3-6-2-7(8)13-4-6/h2,4H,3H2,1H3. The molecule has 0 aliphatic heterocycles. The van der Waals surface area contributed by atoms with Crippen LogP contribution in [0.25, 0.3) is 0 Å². The Morgan fingerprint density at radius 2 is 2.46 bits per heavy atom. The molecule has 2 aromatic heterocycles. The van der Waals surface area contributed by atoms with E-state index in [1.165, 1.54) is 5.56 Å². The number of hydrogen-bond donors (Lipinski definition) is 0. The quantitative estimate of drug-likeness (QED) is 0.826. The number of aryl methyl sites for hydroxylation is 1. The molecular formula is C7H7BrN4S. The van der Waals surface area contributed by atoms with Crippen molar-refractivity contribution in [2.24, 2.45) is 0 Å². The zero-order valence-electron chi connectivity index (χ0n) is 6.94. The number of hydrogen-bond acceptors (Lipinski definition) is 4. The minimum absolute atomic E-state index is 0.737. The number of nitrogens with zero attached hydrogens (tertiary/aromatic N) is 4. The number of aromatic nitrogens is 4. The van der Waals surface area contributed by atoms with Crippen LogP contribution in [0.1, 0.15) is 11.4 Å². The Morgan fingerprint density at radius 1 is 1.62 bits per heavy atom. The van der Waals surface area contributed by atoms with E-state index in [0.717, 1.165) is 16.2 Å². The molecule has 2 rings (SSSR count). The molecule has 68 valence electrons. The fourth-order valence-corrected chi connectivity index (χ4v) is 2.20. The smallest absolute Gasteiger partial charge is 0.148 e. The Labute approximate surface area is 87.7 Å². The van der Waals surface area contributed by atoms with Crippen LogP contribution in [0.2, 0.25) is 0 Å². The highest BCUT2D eigenvalue weighted by Crippen LogP contribution is 2.21. The zero-order chi connectivity index (χ0) is 9.26. The minimum atomic E-state index is 0.737. The van der Waals surface area contributed by atoms with Crippen LogP contribution in [0, 0.1) is 6.92 Å². The van der Waals surface area contributed by atoms with Gasteiger partial charge in [0.05, 0.1) is 10.3 Å². The van der Waals surface area contributed by atoms with Crippen LogP contribution in [0.3, 0.4) is 0 Å². The first-order valence-corrected chi connectivity index (χ1v) is 5.38. The van der Waals surface area contributed by atoms with Gasteiger partial charge in [0.25, 0.3) is 0 Å². The lowest BCUT2D eigenvalue weighted by Gasteiger charge is -1.97. The van der Waals surface area contributed by atoms with Gasteiger partial charge in [0.1, 0.15) is 5.82 Å². The minimum Gasteiger partial charge on any atom is -0.225 e. The molecule has 0 bridgehead atoms. The summed E-state index contributed by atoms with van der Waals surface area (Å²) in [4.78, 5) is 0. The number of rotatable bonds is 2. The summed E-state index contributed by atoms with van der Waals surface area (Å²) >= 11 is 5.08. The van der Waals surface area contributed by atoms with E-state index < -0.39 is 0 Å². The van der Waals surface area contributed by atoms with Crippen LogP contribution in [-0.4, -0.2) is 20.2 Å². The highest BCUT2D eigenvalue weighted by Gasteiger charge is 2.02. The summed E-state index contributed by atoms with van der Waals surface area (Å²) in [5, 5.41) is 13.3. The molecule has 4 nitrogen and oxygen atoms in total. The van der Waals surface area contributed by atoms with Crippen LogP contribution in [0.4, 0.5) is 0 Å². The maximum absolute atomic E-state index is 3.87. The molecule has 0 aromatic carbocycles. The Hall–Kier alpha value is -0.750. The van der Waals surface area contributed by atoms with E-state index in [2.05, 4.69) is 42.9 Å². The van der Waals surface area contributed by atoms with Crippen molar-refractivity contribution in [1.29, 1.82) is 0 Å². The van der Waals surface area contributed by atoms with Gasteiger partial charge < -0.3 is 0 Å². The van der Waals surface area contributed by atoms with Crippen molar-refractivity contribution in [3.63, 3.8) is 0 Å². The lowest BCUT2D eigenvalue weighted by Crippen LogP contribution is -2.02. The molecule has 0 spiro atoms. The van der Waals surface area contributed by atoms with E-state index in [9.17, 15) is 0 Å². The summed E-state index contributed by atoms with van der Waals surface area (Å²) in [6.45, 7) is 2.63. The predicted molar refractivity (Wildman–Crippen MR) is 53.7 cm³/mol. The second-order valence-electron chi connectivity index (χ2n) is 2.64. The van der Waals surface area contributed by atoms with E-state index in [1.807, 2.05) is 6.92 Å². The van der Waals surface area contributed by atoms with Crippen LogP contribution in [0.15, 0.2) is 15.2 Å². The van der Waals surface area contributed by atoms with Crippen molar-refractivity contribution in [3.8, 4) is 0 Å². The summed E-state index contributed by atoms with van der Waals surface area (Å²) in [5.74, 6) is 0.835. The zero-order valence-corrected chi connectivity index (χ0v) is 9.34. The third kappa shape index (κ3) is 1.94. The van der Waals surface area contributed by atoms with Crippen molar-refractivity contribution >= 4 is 27.3 Å². The molecule has 2 aromatic rings. The average Bonchev–Trinajstić information content (AvgIpc) is 2.64. The normalized spacial score (nSPS) is 10.6. The van der Waals surface area contributed by atoms with Gasteiger partial charge in [0.2, 0.25) is 0 Å². The Morgan fingerprint density at radius 3 is 3.00 bits per heavy atom. The van der Waals surface area contributed by atoms with Gasteiger partial charge in [0.15, 0.2) is 0 Å².